The van der Waals surface area contributed by atoms with Crippen LogP contribution in [-0.4, -0.2) is 12.0 Å². The van der Waals surface area contributed by atoms with Crippen molar-refractivity contribution in [3.63, 3.8) is 0 Å². The van der Waals surface area contributed by atoms with Gasteiger partial charge in [0.15, 0.2) is 5.43 Å². The van der Waals surface area contributed by atoms with Gasteiger partial charge < -0.3 is 13.6 Å². The van der Waals surface area contributed by atoms with E-state index in [2.05, 4.69) is 0 Å². The SMILES string of the molecule is COc1c2cc(-c3ccc([N+](=O)[O-])cc3)c(=O)oc2cc2oc(C)cc(=O)c12. The summed E-state index contributed by atoms with van der Waals surface area (Å²) in [5, 5.41) is 11.5. The average molecular weight is 379 g/mol. The van der Waals surface area contributed by atoms with Gasteiger partial charge in [0.2, 0.25) is 0 Å². The van der Waals surface area contributed by atoms with Crippen molar-refractivity contribution in [3.05, 3.63) is 79.0 Å². The molecule has 0 aliphatic carbocycles. The number of aryl methyl sites for hydroxylation is 1. The number of methoxy groups -OCH3 is 1. The molecule has 0 saturated carbocycles. The summed E-state index contributed by atoms with van der Waals surface area (Å²) in [5.74, 6) is 0.650. The first-order valence-corrected chi connectivity index (χ1v) is 8.23. The number of nitro groups is 1. The molecular formula is C20H13NO7. The molecule has 0 radical (unpaired) electrons. The van der Waals surface area contributed by atoms with Crippen LogP contribution in [0.3, 0.4) is 0 Å². The molecule has 0 bridgehead atoms. The lowest BCUT2D eigenvalue weighted by atomic mass is 10.0. The third kappa shape index (κ3) is 2.71. The number of nitro benzene ring substituents is 1. The lowest BCUT2D eigenvalue weighted by Crippen LogP contribution is -2.06. The number of nitrogens with zero attached hydrogens (tertiary/aromatic N) is 1. The van der Waals surface area contributed by atoms with E-state index in [0.29, 0.717) is 16.7 Å². The average Bonchev–Trinajstić information content (AvgIpc) is 2.65. The Bertz CT molecular complexity index is 1360. The minimum atomic E-state index is -0.627. The van der Waals surface area contributed by atoms with Crippen LogP contribution in [0, 0.1) is 17.0 Å². The Labute approximate surface area is 156 Å². The molecule has 4 rings (SSSR count). The monoisotopic (exact) mass is 379 g/mol. The lowest BCUT2D eigenvalue weighted by molar-refractivity contribution is -0.384. The first kappa shape index (κ1) is 17.5. The van der Waals surface area contributed by atoms with Crippen molar-refractivity contribution in [2.75, 3.05) is 7.11 Å². The van der Waals surface area contributed by atoms with Gasteiger partial charge in [-0.25, -0.2) is 4.79 Å². The maximum absolute atomic E-state index is 12.5. The van der Waals surface area contributed by atoms with Gasteiger partial charge in [-0.2, -0.15) is 0 Å². The fourth-order valence-corrected chi connectivity index (χ4v) is 3.16. The highest BCUT2D eigenvalue weighted by molar-refractivity contribution is 6.02. The summed E-state index contributed by atoms with van der Waals surface area (Å²) in [5.41, 5.74) is 0.0917. The second-order valence-corrected chi connectivity index (χ2v) is 6.17. The van der Waals surface area contributed by atoms with Gasteiger partial charge in [-0.05, 0) is 30.7 Å². The zero-order valence-corrected chi connectivity index (χ0v) is 14.8. The highest BCUT2D eigenvalue weighted by atomic mass is 16.6. The van der Waals surface area contributed by atoms with Crippen LogP contribution in [0.25, 0.3) is 33.1 Å². The van der Waals surface area contributed by atoms with Crippen LogP contribution >= 0.6 is 0 Å². The van der Waals surface area contributed by atoms with Crippen LogP contribution in [0.15, 0.2) is 60.9 Å². The van der Waals surface area contributed by atoms with Crippen molar-refractivity contribution in [3.8, 4) is 16.9 Å². The molecule has 0 amide bonds. The molecule has 2 heterocycles. The minimum Gasteiger partial charge on any atom is -0.495 e. The fourth-order valence-electron chi connectivity index (χ4n) is 3.16. The van der Waals surface area contributed by atoms with Gasteiger partial charge in [0, 0.05) is 24.3 Å². The predicted molar refractivity (Wildman–Crippen MR) is 102 cm³/mol. The first-order chi connectivity index (χ1) is 13.4. The number of fused-ring (bicyclic) bond motifs is 2. The lowest BCUT2D eigenvalue weighted by Gasteiger charge is -2.10. The van der Waals surface area contributed by atoms with Crippen LogP contribution in [-0.2, 0) is 0 Å². The molecule has 0 unspecified atom stereocenters. The molecule has 4 aromatic rings. The maximum atomic E-state index is 12.5. The van der Waals surface area contributed by atoms with E-state index < -0.39 is 10.5 Å². The molecule has 0 atom stereocenters. The summed E-state index contributed by atoms with van der Waals surface area (Å²) >= 11 is 0. The van der Waals surface area contributed by atoms with Gasteiger partial charge in [0.25, 0.3) is 5.69 Å². The molecule has 0 fully saturated rings. The molecule has 8 nitrogen and oxygen atoms in total. The molecule has 140 valence electrons. The Morgan fingerprint density at radius 3 is 2.36 bits per heavy atom. The van der Waals surface area contributed by atoms with Crippen molar-refractivity contribution in [2.24, 2.45) is 0 Å². The Hall–Kier alpha value is -3.94. The second-order valence-electron chi connectivity index (χ2n) is 6.17. The van der Waals surface area contributed by atoms with E-state index in [1.54, 1.807) is 13.0 Å². The van der Waals surface area contributed by atoms with Crippen LogP contribution in [0.4, 0.5) is 5.69 Å². The van der Waals surface area contributed by atoms with Crippen molar-refractivity contribution < 1.29 is 18.5 Å². The number of benzene rings is 2. The van der Waals surface area contributed by atoms with E-state index in [9.17, 15) is 19.7 Å². The van der Waals surface area contributed by atoms with E-state index in [1.807, 2.05) is 0 Å². The van der Waals surface area contributed by atoms with Gasteiger partial charge in [-0.15, -0.1) is 0 Å². The van der Waals surface area contributed by atoms with Crippen LogP contribution in [0.5, 0.6) is 5.75 Å². The molecule has 0 N–H and O–H groups in total. The van der Waals surface area contributed by atoms with Gasteiger partial charge >= 0.3 is 5.63 Å². The summed E-state index contributed by atoms with van der Waals surface area (Å²) in [7, 11) is 1.41. The number of rotatable bonds is 3. The molecule has 8 heteroatoms. The zero-order chi connectivity index (χ0) is 20.0. The number of hydrogen-bond donors (Lipinski definition) is 0. The number of hydrogen-bond acceptors (Lipinski definition) is 7. The number of non-ortho nitro benzene ring substituents is 1. The molecule has 0 aliphatic heterocycles. The fraction of sp³-hybridized carbons (Fsp3) is 0.100. The Morgan fingerprint density at radius 1 is 1.00 bits per heavy atom. The van der Waals surface area contributed by atoms with Crippen LogP contribution in [0.1, 0.15) is 5.76 Å². The molecular weight excluding hydrogens is 366 g/mol. The van der Waals surface area contributed by atoms with E-state index >= 15 is 0 Å². The van der Waals surface area contributed by atoms with Crippen molar-refractivity contribution in [1.82, 2.24) is 0 Å². The van der Waals surface area contributed by atoms with Crippen molar-refractivity contribution >= 4 is 27.6 Å². The third-order valence-electron chi connectivity index (χ3n) is 4.40. The molecule has 0 saturated heterocycles. The van der Waals surface area contributed by atoms with E-state index in [0.717, 1.165) is 0 Å². The quantitative estimate of drug-likeness (QED) is 0.230. The highest BCUT2D eigenvalue weighted by Gasteiger charge is 2.18. The maximum Gasteiger partial charge on any atom is 0.344 e. The molecule has 0 aliphatic rings. The summed E-state index contributed by atoms with van der Waals surface area (Å²) in [6.45, 7) is 1.64. The van der Waals surface area contributed by atoms with Crippen molar-refractivity contribution in [2.45, 2.75) is 6.92 Å². The molecule has 0 spiro atoms. The Balaban J connectivity index is 2.04. The first-order valence-electron chi connectivity index (χ1n) is 8.23. The highest BCUT2D eigenvalue weighted by Crippen LogP contribution is 2.34. The number of ether oxygens (including phenoxy) is 1. The standard InChI is InChI=1S/C20H13NO7/c1-10-7-15(22)18-17(27-10)9-16-14(19(18)26-2)8-13(20(23)28-16)11-3-5-12(6-4-11)21(24)25/h3-9H,1-2H3. The van der Waals surface area contributed by atoms with E-state index in [4.69, 9.17) is 13.6 Å². The summed E-state index contributed by atoms with van der Waals surface area (Å²) in [6.07, 6.45) is 0. The predicted octanol–water partition coefficient (Wildman–Crippen LogP) is 3.79. The van der Waals surface area contributed by atoms with Gasteiger partial charge in [-0.1, -0.05) is 0 Å². The largest absolute Gasteiger partial charge is 0.495 e. The Kier molecular flexibility index (Phi) is 3.96. The topological polar surface area (TPSA) is 113 Å². The smallest absolute Gasteiger partial charge is 0.344 e. The summed E-state index contributed by atoms with van der Waals surface area (Å²) in [4.78, 5) is 35.2. The molecule has 2 aromatic carbocycles. The molecule has 2 aromatic heterocycles. The van der Waals surface area contributed by atoms with Gasteiger partial charge in [0.1, 0.15) is 28.1 Å². The van der Waals surface area contributed by atoms with E-state index in [1.165, 1.54) is 43.5 Å². The van der Waals surface area contributed by atoms with Gasteiger partial charge in [0.05, 0.1) is 23.0 Å². The molecule has 28 heavy (non-hydrogen) atoms. The van der Waals surface area contributed by atoms with E-state index in [-0.39, 0.29) is 39.0 Å². The third-order valence-corrected chi connectivity index (χ3v) is 4.40. The van der Waals surface area contributed by atoms with Crippen molar-refractivity contribution in [1.29, 1.82) is 0 Å². The zero-order valence-electron chi connectivity index (χ0n) is 14.8. The second kappa shape index (κ2) is 6.34. The minimum absolute atomic E-state index is 0.0921. The van der Waals surface area contributed by atoms with Crippen LogP contribution < -0.4 is 15.8 Å². The Morgan fingerprint density at radius 2 is 1.71 bits per heavy atom. The van der Waals surface area contributed by atoms with Crippen LogP contribution in [0.2, 0.25) is 0 Å². The normalized spacial score (nSPS) is 11.1. The summed E-state index contributed by atoms with van der Waals surface area (Å²) in [6, 6.07) is 9.89. The summed E-state index contributed by atoms with van der Waals surface area (Å²) < 4.78 is 16.4. The van der Waals surface area contributed by atoms with Gasteiger partial charge in [-0.3, -0.25) is 14.9 Å².